The summed E-state index contributed by atoms with van der Waals surface area (Å²) in [6.45, 7) is 4.01. The van der Waals surface area contributed by atoms with E-state index >= 15 is 0 Å². The Morgan fingerprint density at radius 2 is 1.69 bits per heavy atom. The number of halogens is 1. The Morgan fingerprint density at radius 1 is 1.23 bits per heavy atom. The van der Waals surface area contributed by atoms with Gasteiger partial charge in [-0.05, 0) is 5.92 Å². The summed E-state index contributed by atoms with van der Waals surface area (Å²) in [5, 5.41) is 9.63. The molecule has 0 fully saturated rings. The van der Waals surface area contributed by atoms with Crippen molar-refractivity contribution in [3.05, 3.63) is 0 Å². The molecular formula is C9H19ClO3. The first-order chi connectivity index (χ1) is 6.08. The third-order valence-corrected chi connectivity index (χ3v) is 2.47. The van der Waals surface area contributed by atoms with Crippen molar-refractivity contribution in [3.63, 3.8) is 0 Å². The molecule has 2 atom stereocenters. The Labute approximate surface area is 85.0 Å². The molecular weight excluding hydrogens is 192 g/mol. The fraction of sp³-hybridized carbons (Fsp3) is 1.00. The van der Waals surface area contributed by atoms with Crippen molar-refractivity contribution in [2.75, 3.05) is 20.1 Å². The van der Waals surface area contributed by atoms with Gasteiger partial charge in [-0.1, -0.05) is 13.8 Å². The smallest absolute Gasteiger partial charge is 0.162 e. The fourth-order valence-corrected chi connectivity index (χ4v) is 1.66. The molecule has 1 N–H and O–H groups in total. The Kier molecular flexibility index (Phi) is 6.68. The first kappa shape index (κ1) is 13.2. The molecule has 0 amide bonds. The quantitative estimate of drug-likeness (QED) is 0.533. The van der Waals surface area contributed by atoms with Crippen LogP contribution in [0.3, 0.4) is 0 Å². The summed E-state index contributed by atoms with van der Waals surface area (Å²) in [5.41, 5.74) is 0. The van der Waals surface area contributed by atoms with Crippen molar-refractivity contribution in [2.45, 2.75) is 26.2 Å². The molecule has 0 saturated heterocycles. The minimum atomic E-state index is -0.591. The van der Waals surface area contributed by atoms with Crippen LogP contribution in [0.2, 0.25) is 0 Å². The van der Waals surface area contributed by atoms with Crippen LogP contribution < -0.4 is 0 Å². The molecule has 0 aromatic heterocycles. The van der Waals surface area contributed by atoms with Gasteiger partial charge in [0.25, 0.3) is 0 Å². The van der Waals surface area contributed by atoms with E-state index in [4.69, 9.17) is 21.1 Å². The summed E-state index contributed by atoms with van der Waals surface area (Å²) in [5.74, 6) is 0.373. The van der Waals surface area contributed by atoms with Crippen LogP contribution in [0.1, 0.15) is 13.8 Å². The first-order valence-corrected chi connectivity index (χ1v) is 4.91. The molecule has 0 aliphatic rings. The van der Waals surface area contributed by atoms with E-state index in [0.29, 0.717) is 0 Å². The monoisotopic (exact) mass is 210 g/mol. The zero-order valence-electron chi connectivity index (χ0n) is 8.66. The molecule has 13 heavy (non-hydrogen) atoms. The van der Waals surface area contributed by atoms with Crippen LogP contribution in [0.15, 0.2) is 0 Å². The van der Waals surface area contributed by atoms with Gasteiger partial charge in [-0.3, -0.25) is 0 Å². The van der Waals surface area contributed by atoms with Crippen LogP contribution in [0.25, 0.3) is 0 Å². The number of hydrogen-bond donors (Lipinski definition) is 1. The molecule has 80 valence electrons. The molecule has 0 radical (unpaired) electrons. The van der Waals surface area contributed by atoms with E-state index in [1.54, 1.807) is 14.2 Å². The molecule has 0 bridgehead atoms. The van der Waals surface area contributed by atoms with Gasteiger partial charge in [0.1, 0.15) is 0 Å². The molecule has 0 aromatic rings. The molecule has 0 aliphatic heterocycles. The Hall–Kier alpha value is 0.170. The zero-order valence-corrected chi connectivity index (χ0v) is 9.41. The maximum Gasteiger partial charge on any atom is 0.162 e. The van der Waals surface area contributed by atoms with Gasteiger partial charge >= 0.3 is 0 Å². The number of hydrogen-bond acceptors (Lipinski definition) is 3. The lowest BCUT2D eigenvalue weighted by Gasteiger charge is -2.30. The minimum absolute atomic E-state index is 0.0903. The minimum Gasteiger partial charge on any atom is -0.391 e. The Bertz CT molecular complexity index is 126. The SMILES string of the molecule is COC(OC)C(C(C)C)[C@@H](O)CCl. The maximum absolute atomic E-state index is 9.63. The maximum atomic E-state index is 9.63. The molecule has 0 heterocycles. The summed E-state index contributed by atoms with van der Waals surface area (Å²) in [4.78, 5) is 0. The highest BCUT2D eigenvalue weighted by molar-refractivity contribution is 6.18. The molecule has 0 saturated carbocycles. The lowest BCUT2D eigenvalue weighted by molar-refractivity contribution is -0.168. The number of alkyl halides is 1. The summed E-state index contributed by atoms with van der Waals surface area (Å²) in [6.07, 6.45) is -0.986. The highest BCUT2D eigenvalue weighted by atomic mass is 35.5. The predicted octanol–water partition coefficient (Wildman–Crippen LogP) is 1.48. The van der Waals surface area contributed by atoms with E-state index in [2.05, 4.69) is 0 Å². The summed E-state index contributed by atoms with van der Waals surface area (Å²) < 4.78 is 10.2. The van der Waals surface area contributed by atoms with Gasteiger partial charge in [0.05, 0.1) is 6.10 Å². The van der Waals surface area contributed by atoms with Gasteiger partial charge in [-0.15, -0.1) is 11.6 Å². The standard InChI is InChI=1S/C9H19ClO3/c1-6(2)8(7(11)5-10)9(12-3)13-4/h6-9,11H,5H2,1-4H3/t7-,8?/m0/s1. The third-order valence-electron chi connectivity index (χ3n) is 2.15. The highest BCUT2D eigenvalue weighted by Gasteiger charge is 2.30. The first-order valence-electron chi connectivity index (χ1n) is 4.38. The predicted molar refractivity (Wildman–Crippen MR) is 52.9 cm³/mol. The number of methoxy groups -OCH3 is 2. The van der Waals surface area contributed by atoms with Gasteiger partial charge in [0.15, 0.2) is 6.29 Å². The van der Waals surface area contributed by atoms with E-state index in [0.717, 1.165) is 0 Å². The molecule has 3 nitrogen and oxygen atoms in total. The number of rotatable bonds is 6. The molecule has 0 rings (SSSR count). The zero-order chi connectivity index (χ0) is 10.4. The van der Waals surface area contributed by atoms with Crippen LogP contribution in [0, 0.1) is 11.8 Å². The normalized spacial score (nSPS) is 16.6. The van der Waals surface area contributed by atoms with E-state index in [-0.39, 0.29) is 17.7 Å². The van der Waals surface area contributed by atoms with E-state index in [1.807, 2.05) is 13.8 Å². The molecule has 0 aliphatic carbocycles. The average Bonchev–Trinajstić information content (AvgIpc) is 2.12. The molecule has 1 unspecified atom stereocenters. The van der Waals surface area contributed by atoms with Crippen molar-refractivity contribution in [1.82, 2.24) is 0 Å². The second kappa shape index (κ2) is 6.60. The highest BCUT2D eigenvalue weighted by Crippen LogP contribution is 2.23. The van der Waals surface area contributed by atoms with Crippen LogP contribution >= 0.6 is 11.6 Å². The van der Waals surface area contributed by atoms with Gasteiger partial charge in [-0.25, -0.2) is 0 Å². The van der Waals surface area contributed by atoms with Crippen LogP contribution in [0.4, 0.5) is 0 Å². The Balaban J connectivity index is 4.38. The van der Waals surface area contributed by atoms with Crippen molar-refractivity contribution in [3.8, 4) is 0 Å². The van der Waals surface area contributed by atoms with E-state index in [1.165, 1.54) is 0 Å². The van der Waals surface area contributed by atoms with Gasteiger partial charge in [0, 0.05) is 26.0 Å². The second-order valence-corrected chi connectivity index (χ2v) is 3.69. The van der Waals surface area contributed by atoms with Gasteiger partial charge in [0.2, 0.25) is 0 Å². The fourth-order valence-electron chi connectivity index (χ4n) is 1.45. The number of ether oxygens (including phenoxy) is 2. The van der Waals surface area contributed by atoms with Crippen molar-refractivity contribution in [1.29, 1.82) is 0 Å². The molecule has 0 aromatic carbocycles. The van der Waals surface area contributed by atoms with Gasteiger partial charge in [-0.2, -0.15) is 0 Å². The van der Waals surface area contributed by atoms with E-state index < -0.39 is 12.4 Å². The summed E-state index contributed by atoms with van der Waals surface area (Å²) >= 11 is 5.59. The molecule has 4 heteroatoms. The largest absolute Gasteiger partial charge is 0.391 e. The van der Waals surface area contributed by atoms with Crippen molar-refractivity contribution < 1.29 is 14.6 Å². The van der Waals surface area contributed by atoms with Crippen LogP contribution in [-0.2, 0) is 9.47 Å². The number of aliphatic hydroxyl groups excluding tert-OH is 1. The van der Waals surface area contributed by atoms with E-state index in [9.17, 15) is 5.11 Å². The lowest BCUT2D eigenvalue weighted by Crippen LogP contribution is -2.39. The lowest BCUT2D eigenvalue weighted by atomic mass is 9.90. The van der Waals surface area contributed by atoms with Gasteiger partial charge < -0.3 is 14.6 Å². The molecule has 0 spiro atoms. The topological polar surface area (TPSA) is 38.7 Å². The number of aliphatic hydroxyl groups is 1. The second-order valence-electron chi connectivity index (χ2n) is 3.38. The third kappa shape index (κ3) is 3.81. The Morgan fingerprint density at radius 3 is 1.92 bits per heavy atom. The summed E-state index contributed by atoms with van der Waals surface area (Å²) in [7, 11) is 3.12. The summed E-state index contributed by atoms with van der Waals surface area (Å²) in [6, 6.07) is 0. The average molecular weight is 211 g/mol. The van der Waals surface area contributed by atoms with Crippen molar-refractivity contribution in [2.24, 2.45) is 11.8 Å². The van der Waals surface area contributed by atoms with Crippen LogP contribution in [-0.4, -0.2) is 37.6 Å². The van der Waals surface area contributed by atoms with Crippen molar-refractivity contribution >= 4 is 11.6 Å². The van der Waals surface area contributed by atoms with Crippen LogP contribution in [0.5, 0.6) is 0 Å².